The predicted octanol–water partition coefficient (Wildman–Crippen LogP) is 7.68. The molecule has 2 unspecified atom stereocenters. The van der Waals surface area contributed by atoms with Crippen molar-refractivity contribution in [2.45, 2.75) is 50.0 Å². The molecule has 1 aliphatic heterocycles. The van der Waals surface area contributed by atoms with Gasteiger partial charge in [0, 0.05) is 21.3 Å². The van der Waals surface area contributed by atoms with Gasteiger partial charge >= 0.3 is 0 Å². The number of fused-ring (bicyclic) bond motifs is 1. The Morgan fingerprint density at radius 2 is 1.63 bits per heavy atom. The smallest absolute Gasteiger partial charge is 0.217 e. The molecule has 1 aromatic heterocycles. The second-order valence-electron chi connectivity index (χ2n) is 10.4. The van der Waals surface area contributed by atoms with Crippen molar-refractivity contribution in [2.75, 3.05) is 26.7 Å². The Kier molecular flexibility index (Phi) is 8.78. The second-order valence-corrected chi connectivity index (χ2v) is 11.3. The molecule has 1 aliphatic rings. The fraction of sp³-hybridized carbons (Fsp3) is 0.364. The number of methoxy groups -OCH3 is 1. The van der Waals surface area contributed by atoms with E-state index in [-0.39, 0.29) is 5.92 Å². The van der Waals surface area contributed by atoms with Gasteiger partial charge in [-0.05, 0) is 87.1 Å². The number of pyridine rings is 1. The molecule has 0 bridgehead atoms. The van der Waals surface area contributed by atoms with Gasteiger partial charge in [0.1, 0.15) is 5.60 Å². The van der Waals surface area contributed by atoms with E-state index >= 15 is 0 Å². The molecule has 0 aliphatic carbocycles. The molecular formula is C33H37BrN2O2. The Labute approximate surface area is 234 Å². The largest absolute Gasteiger partial charge is 0.481 e. The molecule has 1 N–H and O–H groups in total. The number of nitrogens with zero attached hydrogens (tertiary/aromatic N) is 2. The van der Waals surface area contributed by atoms with Crippen LogP contribution >= 0.6 is 15.9 Å². The molecule has 3 aromatic carbocycles. The summed E-state index contributed by atoms with van der Waals surface area (Å²) in [7, 11) is 1.67. The van der Waals surface area contributed by atoms with Crippen molar-refractivity contribution in [2.24, 2.45) is 0 Å². The molecule has 5 heteroatoms. The van der Waals surface area contributed by atoms with Gasteiger partial charge in [-0.25, -0.2) is 4.98 Å². The monoisotopic (exact) mass is 572 g/mol. The topological polar surface area (TPSA) is 45.6 Å². The van der Waals surface area contributed by atoms with Crippen LogP contribution < -0.4 is 4.74 Å². The quantitative estimate of drug-likeness (QED) is 0.198. The molecule has 1 saturated heterocycles. The van der Waals surface area contributed by atoms with Crippen LogP contribution in [0, 0.1) is 0 Å². The molecule has 2 heterocycles. The molecule has 0 amide bonds. The van der Waals surface area contributed by atoms with Crippen molar-refractivity contribution in [1.29, 1.82) is 0 Å². The van der Waals surface area contributed by atoms with Crippen LogP contribution in [0.3, 0.4) is 0 Å². The van der Waals surface area contributed by atoms with E-state index in [1.54, 1.807) is 7.11 Å². The summed E-state index contributed by atoms with van der Waals surface area (Å²) < 4.78 is 6.88. The fourth-order valence-corrected chi connectivity index (χ4v) is 6.35. The molecule has 4 nitrogen and oxygen atoms in total. The molecule has 0 spiro atoms. The third-order valence-electron chi connectivity index (χ3n) is 7.89. The highest BCUT2D eigenvalue weighted by atomic mass is 79.9. The molecule has 0 radical (unpaired) electrons. The van der Waals surface area contributed by atoms with Crippen LogP contribution in [0.1, 0.15) is 61.1 Å². The van der Waals surface area contributed by atoms with Crippen LogP contribution in [0.5, 0.6) is 5.88 Å². The molecule has 198 valence electrons. The first-order valence-corrected chi connectivity index (χ1v) is 14.6. The van der Waals surface area contributed by atoms with Crippen LogP contribution in [0.15, 0.2) is 89.4 Å². The van der Waals surface area contributed by atoms with Gasteiger partial charge in [0.05, 0.1) is 12.6 Å². The minimum Gasteiger partial charge on any atom is -0.481 e. The third kappa shape index (κ3) is 5.96. The molecule has 1 fully saturated rings. The van der Waals surface area contributed by atoms with Crippen molar-refractivity contribution in [3.05, 3.63) is 106 Å². The first-order chi connectivity index (χ1) is 18.6. The van der Waals surface area contributed by atoms with Crippen molar-refractivity contribution < 1.29 is 9.84 Å². The highest BCUT2D eigenvalue weighted by molar-refractivity contribution is 9.10. The van der Waals surface area contributed by atoms with Gasteiger partial charge < -0.3 is 14.7 Å². The predicted molar refractivity (Wildman–Crippen MR) is 159 cm³/mol. The number of piperidine rings is 1. The molecule has 38 heavy (non-hydrogen) atoms. The van der Waals surface area contributed by atoms with Crippen molar-refractivity contribution >= 4 is 26.8 Å². The van der Waals surface area contributed by atoms with Crippen LogP contribution in [0.4, 0.5) is 0 Å². The van der Waals surface area contributed by atoms with Gasteiger partial charge in [-0.3, -0.25) is 0 Å². The average molecular weight is 574 g/mol. The Bertz CT molecular complexity index is 1330. The molecule has 2 atom stereocenters. The SMILES string of the molecule is COc1nc2ccc(Br)cc2cc1C(c1ccccc1)C(O)(CCCCN1CCCCC1)c1ccccc1. The number of hydrogen-bond acceptors (Lipinski definition) is 4. The zero-order valence-corrected chi connectivity index (χ0v) is 23.7. The van der Waals surface area contributed by atoms with E-state index in [2.05, 4.69) is 57.2 Å². The summed E-state index contributed by atoms with van der Waals surface area (Å²) in [6.07, 6.45) is 6.59. The summed E-state index contributed by atoms with van der Waals surface area (Å²) >= 11 is 3.61. The minimum absolute atomic E-state index is 0.355. The maximum Gasteiger partial charge on any atom is 0.217 e. The van der Waals surface area contributed by atoms with Crippen molar-refractivity contribution in [3.63, 3.8) is 0 Å². The number of benzene rings is 3. The Morgan fingerprint density at radius 1 is 0.921 bits per heavy atom. The highest BCUT2D eigenvalue weighted by Crippen LogP contribution is 2.48. The third-order valence-corrected chi connectivity index (χ3v) is 8.38. The zero-order chi connectivity index (χ0) is 26.4. The first-order valence-electron chi connectivity index (χ1n) is 13.8. The normalized spacial score (nSPS) is 16.7. The van der Waals surface area contributed by atoms with E-state index in [9.17, 15) is 5.11 Å². The van der Waals surface area contributed by atoms with Crippen molar-refractivity contribution in [3.8, 4) is 5.88 Å². The lowest BCUT2D eigenvalue weighted by atomic mass is 9.71. The number of hydrogen-bond donors (Lipinski definition) is 1. The number of halogens is 1. The van der Waals surface area contributed by atoms with E-state index in [1.807, 2.05) is 48.5 Å². The van der Waals surface area contributed by atoms with E-state index in [0.29, 0.717) is 12.3 Å². The summed E-state index contributed by atoms with van der Waals surface area (Å²) in [4.78, 5) is 7.46. The maximum absolute atomic E-state index is 12.8. The van der Waals surface area contributed by atoms with Gasteiger partial charge in [-0.15, -0.1) is 0 Å². The van der Waals surface area contributed by atoms with Gasteiger partial charge in [-0.2, -0.15) is 0 Å². The first kappa shape index (κ1) is 26.9. The Hall–Kier alpha value is -2.73. The summed E-state index contributed by atoms with van der Waals surface area (Å²) in [6, 6.07) is 28.7. The zero-order valence-electron chi connectivity index (χ0n) is 22.2. The summed E-state index contributed by atoms with van der Waals surface area (Å²) in [6.45, 7) is 3.49. The van der Waals surface area contributed by atoms with Crippen LogP contribution in [-0.2, 0) is 5.60 Å². The summed E-state index contributed by atoms with van der Waals surface area (Å²) in [5.41, 5.74) is 2.59. The summed E-state index contributed by atoms with van der Waals surface area (Å²) in [5.74, 6) is 0.197. The summed E-state index contributed by atoms with van der Waals surface area (Å²) in [5, 5.41) is 13.8. The lowest BCUT2D eigenvalue weighted by Crippen LogP contribution is -2.35. The fourth-order valence-electron chi connectivity index (χ4n) is 5.97. The van der Waals surface area contributed by atoms with Crippen molar-refractivity contribution in [1.82, 2.24) is 9.88 Å². The highest BCUT2D eigenvalue weighted by Gasteiger charge is 2.42. The molecular weight excluding hydrogens is 536 g/mol. The maximum atomic E-state index is 12.8. The van der Waals surface area contributed by atoms with Gasteiger partial charge in [0.2, 0.25) is 5.88 Å². The van der Waals surface area contributed by atoms with Crippen LogP contribution in [0.25, 0.3) is 10.9 Å². The number of aliphatic hydroxyl groups is 1. The molecule has 4 aromatic rings. The second kappa shape index (κ2) is 12.4. The molecule has 5 rings (SSSR count). The number of likely N-dealkylation sites (tertiary alicyclic amines) is 1. The minimum atomic E-state index is -1.14. The number of ether oxygens (including phenoxy) is 1. The van der Waals surface area contributed by atoms with Gasteiger partial charge in [-0.1, -0.05) is 83.0 Å². The van der Waals surface area contributed by atoms with E-state index in [4.69, 9.17) is 9.72 Å². The molecule has 0 saturated carbocycles. The lowest BCUT2D eigenvalue weighted by molar-refractivity contribution is 0.00645. The van der Waals surface area contributed by atoms with E-state index in [0.717, 1.165) is 51.5 Å². The van der Waals surface area contributed by atoms with Crippen LogP contribution in [0.2, 0.25) is 0 Å². The van der Waals surface area contributed by atoms with E-state index in [1.165, 1.54) is 32.4 Å². The van der Waals surface area contributed by atoms with Crippen LogP contribution in [-0.4, -0.2) is 41.7 Å². The lowest BCUT2D eigenvalue weighted by Gasteiger charge is -2.38. The number of rotatable bonds is 10. The Morgan fingerprint density at radius 3 is 2.34 bits per heavy atom. The average Bonchev–Trinajstić information content (AvgIpc) is 2.96. The van der Waals surface area contributed by atoms with Gasteiger partial charge in [0.25, 0.3) is 0 Å². The number of unbranched alkanes of at least 4 members (excludes halogenated alkanes) is 1. The van der Waals surface area contributed by atoms with Gasteiger partial charge in [0.15, 0.2) is 0 Å². The number of aromatic nitrogens is 1. The standard InChI is InChI=1S/C33H37BrN2O2/c1-38-32-29(24-26-23-28(34)17-18-30(26)35-32)31(25-13-5-2-6-14-25)33(37,27-15-7-3-8-16-27)19-9-12-22-36-20-10-4-11-21-36/h2-3,5-8,13-18,23-24,31,37H,4,9-12,19-22H2,1H3. The Balaban J connectivity index is 1.58. The van der Waals surface area contributed by atoms with E-state index < -0.39 is 5.60 Å².